The zero-order valence-corrected chi connectivity index (χ0v) is 17.9. The van der Waals surface area contributed by atoms with Crippen LogP contribution in [-0.4, -0.2) is 40.3 Å². The summed E-state index contributed by atoms with van der Waals surface area (Å²) >= 11 is 6.50. The van der Waals surface area contributed by atoms with Crippen LogP contribution < -0.4 is 5.32 Å². The summed E-state index contributed by atoms with van der Waals surface area (Å²) in [6, 6.07) is 9.11. The molecule has 0 saturated heterocycles. The van der Waals surface area contributed by atoms with Crippen LogP contribution in [-0.2, 0) is 14.1 Å². The van der Waals surface area contributed by atoms with Crippen LogP contribution in [0.15, 0.2) is 61.3 Å². The molecule has 0 unspecified atom stereocenters. The number of hydrogen-bond donors (Lipinski definition) is 2. The molecule has 10 heteroatoms. The minimum Gasteiger partial charge on any atom is -0.464 e. The fourth-order valence-electron chi connectivity index (χ4n) is 3.65. The first-order valence-electron chi connectivity index (χ1n) is 9.68. The molecular weight excluding hydrogens is 430 g/mol. The van der Waals surface area contributed by atoms with E-state index in [0.29, 0.717) is 38.7 Å². The van der Waals surface area contributed by atoms with Crippen LogP contribution in [0.1, 0.15) is 0 Å². The third kappa shape index (κ3) is 3.48. The van der Waals surface area contributed by atoms with Gasteiger partial charge in [-0.1, -0.05) is 17.7 Å². The SMILES string of the molecule is Cn1cc(-c2ccc(Nc3cc4c(cn3)cc(-c3cnn(C)c3)n4C(=O)O)c(Cl)c2)cn1. The van der Waals surface area contributed by atoms with Crippen molar-refractivity contribution in [3.8, 4) is 22.4 Å². The van der Waals surface area contributed by atoms with Gasteiger partial charge in [0, 0.05) is 55.3 Å². The Morgan fingerprint density at radius 3 is 2.31 bits per heavy atom. The van der Waals surface area contributed by atoms with Crippen LogP contribution in [0.3, 0.4) is 0 Å². The number of aryl methyl sites for hydroxylation is 2. The molecule has 4 aromatic heterocycles. The molecular formula is C22H18ClN7O2. The Hall–Kier alpha value is -4.11. The Morgan fingerprint density at radius 1 is 0.969 bits per heavy atom. The van der Waals surface area contributed by atoms with E-state index in [-0.39, 0.29) is 0 Å². The Labute approximate surface area is 187 Å². The van der Waals surface area contributed by atoms with Gasteiger partial charge in [0.15, 0.2) is 0 Å². The van der Waals surface area contributed by atoms with Crippen LogP contribution in [0.25, 0.3) is 33.3 Å². The summed E-state index contributed by atoms with van der Waals surface area (Å²) in [6.07, 6.45) is 7.63. The molecule has 5 rings (SSSR count). The number of hydrogen-bond acceptors (Lipinski definition) is 5. The van der Waals surface area contributed by atoms with Crippen molar-refractivity contribution in [3.05, 3.63) is 66.3 Å². The van der Waals surface area contributed by atoms with Gasteiger partial charge in [-0.15, -0.1) is 0 Å². The molecule has 0 radical (unpaired) electrons. The molecule has 2 N–H and O–H groups in total. The first kappa shape index (κ1) is 19.8. The molecule has 5 aromatic rings. The van der Waals surface area contributed by atoms with Crippen molar-refractivity contribution in [1.29, 1.82) is 0 Å². The summed E-state index contributed by atoms with van der Waals surface area (Å²) in [4.78, 5) is 16.5. The van der Waals surface area contributed by atoms with Crippen LogP contribution in [0, 0.1) is 0 Å². The molecule has 0 saturated carbocycles. The highest BCUT2D eigenvalue weighted by molar-refractivity contribution is 6.33. The van der Waals surface area contributed by atoms with Crippen molar-refractivity contribution in [2.45, 2.75) is 0 Å². The summed E-state index contributed by atoms with van der Waals surface area (Å²) < 4.78 is 4.58. The maximum absolute atomic E-state index is 12.0. The smallest absolute Gasteiger partial charge is 0.416 e. The molecule has 1 aromatic carbocycles. The van der Waals surface area contributed by atoms with Gasteiger partial charge in [-0.2, -0.15) is 10.2 Å². The van der Waals surface area contributed by atoms with E-state index in [2.05, 4.69) is 20.5 Å². The zero-order valence-electron chi connectivity index (χ0n) is 17.2. The monoisotopic (exact) mass is 447 g/mol. The van der Waals surface area contributed by atoms with Gasteiger partial charge in [-0.3, -0.25) is 9.36 Å². The molecule has 9 nitrogen and oxygen atoms in total. The lowest BCUT2D eigenvalue weighted by atomic mass is 10.1. The van der Waals surface area contributed by atoms with Crippen molar-refractivity contribution < 1.29 is 9.90 Å². The fourth-order valence-corrected chi connectivity index (χ4v) is 3.87. The largest absolute Gasteiger partial charge is 0.464 e. The first-order valence-corrected chi connectivity index (χ1v) is 10.1. The van der Waals surface area contributed by atoms with Gasteiger partial charge in [0.05, 0.1) is 34.3 Å². The highest BCUT2D eigenvalue weighted by Gasteiger charge is 2.18. The van der Waals surface area contributed by atoms with E-state index in [1.165, 1.54) is 4.57 Å². The normalized spacial score (nSPS) is 11.2. The number of aromatic nitrogens is 6. The molecule has 32 heavy (non-hydrogen) atoms. The molecule has 160 valence electrons. The Morgan fingerprint density at radius 2 is 1.69 bits per heavy atom. The number of carbonyl (C=O) groups is 1. The molecule has 0 bridgehead atoms. The zero-order chi connectivity index (χ0) is 22.4. The lowest BCUT2D eigenvalue weighted by molar-refractivity contribution is 0.198. The number of halogens is 1. The summed E-state index contributed by atoms with van der Waals surface area (Å²) in [5.41, 5.74) is 4.30. The Balaban J connectivity index is 1.51. The molecule has 0 spiro atoms. The van der Waals surface area contributed by atoms with E-state index in [4.69, 9.17) is 11.6 Å². The van der Waals surface area contributed by atoms with Crippen molar-refractivity contribution in [2.75, 3.05) is 5.32 Å². The number of carboxylic acid groups (broad SMARTS) is 1. The van der Waals surface area contributed by atoms with Gasteiger partial charge in [0.1, 0.15) is 5.82 Å². The summed E-state index contributed by atoms with van der Waals surface area (Å²) in [5.74, 6) is 0.479. The number of nitrogens with one attached hydrogen (secondary N) is 1. The standard InChI is InChI=1S/C22H18ClN7O2/c1-28-11-15(9-25-28)13-3-4-18(17(23)5-13)27-21-7-20-14(8-24-21)6-19(30(20)22(31)32)16-10-26-29(2)12-16/h3-12H,1-2H3,(H,24,27)(H,31,32). The van der Waals surface area contributed by atoms with Gasteiger partial charge in [0.2, 0.25) is 0 Å². The minimum absolute atomic E-state index is 0.479. The predicted octanol–water partition coefficient (Wildman–Crippen LogP) is 4.76. The number of pyridine rings is 1. The van der Waals surface area contributed by atoms with Gasteiger partial charge in [0.25, 0.3) is 0 Å². The molecule has 0 atom stereocenters. The van der Waals surface area contributed by atoms with Gasteiger partial charge in [-0.05, 0) is 23.8 Å². The second-order valence-electron chi connectivity index (χ2n) is 7.40. The average molecular weight is 448 g/mol. The molecule has 0 aliphatic rings. The summed E-state index contributed by atoms with van der Waals surface area (Å²) in [5, 5.41) is 22.6. The number of nitrogens with zero attached hydrogens (tertiary/aromatic N) is 6. The van der Waals surface area contributed by atoms with Crippen molar-refractivity contribution in [2.24, 2.45) is 14.1 Å². The third-order valence-corrected chi connectivity index (χ3v) is 5.46. The highest BCUT2D eigenvalue weighted by atomic mass is 35.5. The Bertz CT molecular complexity index is 1480. The number of anilines is 2. The quantitative estimate of drug-likeness (QED) is 0.411. The topological polar surface area (TPSA) is 103 Å². The van der Waals surface area contributed by atoms with E-state index in [1.54, 1.807) is 53.3 Å². The second kappa shape index (κ2) is 7.54. The Kier molecular flexibility index (Phi) is 4.67. The van der Waals surface area contributed by atoms with Gasteiger partial charge >= 0.3 is 6.09 Å². The van der Waals surface area contributed by atoms with Gasteiger partial charge < -0.3 is 10.4 Å². The molecule has 0 amide bonds. The summed E-state index contributed by atoms with van der Waals surface area (Å²) in [7, 11) is 3.64. The maximum atomic E-state index is 12.0. The number of rotatable bonds is 4. The molecule has 4 heterocycles. The number of fused-ring (bicyclic) bond motifs is 1. The van der Waals surface area contributed by atoms with Crippen LogP contribution in [0.2, 0.25) is 5.02 Å². The summed E-state index contributed by atoms with van der Waals surface area (Å²) in [6.45, 7) is 0. The van der Waals surface area contributed by atoms with E-state index < -0.39 is 6.09 Å². The van der Waals surface area contributed by atoms with E-state index >= 15 is 0 Å². The van der Waals surface area contributed by atoms with Crippen molar-refractivity contribution in [1.82, 2.24) is 29.1 Å². The van der Waals surface area contributed by atoms with Crippen molar-refractivity contribution in [3.63, 3.8) is 0 Å². The predicted molar refractivity (Wildman–Crippen MR) is 122 cm³/mol. The van der Waals surface area contributed by atoms with Crippen LogP contribution in [0.5, 0.6) is 0 Å². The first-order chi connectivity index (χ1) is 15.4. The van der Waals surface area contributed by atoms with E-state index in [1.807, 2.05) is 31.4 Å². The fraction of sp³-hybridized carbons (Fsp3) is 0.0909. The molecule has 0 aliphatic heterocycles. The number of benzene rings is 1. The van der Waals surface area contributed by atoms with E-state index in [9.17, 15) is 9.90 Å². The lowest BCUT2D eigenvalue weighted by Crippen LogP contribution is -2.09. The second-order valence-corrected chi connectivity index (χ2v) is 7.81. The average Bonchev–Trinajstić information content (AvgIpc) is 3.47. The molecule has 0 fully saturated rings. The highest BCUT2D eigenvalue weighted by Crippen LogP contribution is 2.32. The van der Waals surface area contributed by atoms with Gasteiger partial charge in [-0.25, -0.2) is 14.3 Å². The van der Waals surface area contributed by atoms with E-state index in [0.717, 1.165) is 11.1 Å². The lowest BCUT2D eigenvalue weighted by Gasteiger charge is -2.10. The molecule has 0 aliphatic carbocycles. The minimum atomic E-state index is -1.09. The van der Waals surface area contributed by atoms with Crippen LogP contribution in [0.4, 0.5) is 16.3 Å². The third-order valence-electron chi connectivity index (χ3n) is 5.15. The van der Waals surface area contributed by atoms with Crippen LogP contribution >= 0.6 is 11.6 Å². The van der Waals surface area contributed by atoms with Crippen molar-refractivity contribution >= 4 is 40.1 Å². The maximum Gasteiger partial charge on any atom is 0.416 e.